The topological polar surface area (TPSA) is 121 Å². The molecule has 0 aromatic heterocycles. The first-order chi connectivity index (χ1) is 15.8. The first-order valence-corrected chi connectivity index (χ1v) is 14.1. The van der Waals surface area contributed by atoms with Crippen molar-refractivity contribution in [3.8, 4) is 11.5 Å². The van der Waals surface area contributed by atoms with E-state index in [1.807, 2.05) is 0 Å². The molecule has 0 aliphatic heterocycles. The van der Waals surface area contributed by atoms with Crippen LogP contribution in [0.25, 0.3) is 32.3 Å². The highest BCUT2D eigenvalue weighted by Gasteiger charge is 2.22. The van der Waals surface area contributed by atoms with Crippen LogP contribution in [-0.2, 0) is 27.7 Å². The fourth-order valence-corrected chi connectivity index (χ4v) is 5.73. The zero-order valence-electron chi connectivity index (χ0n) is 17.5. The van der Waals surface area contributed by atoms with E-state index in [-0.39, 0.29) is 22.3 Å². The normalized spacial score (nSPS) is 12.2. The molecule has 0 atom stereocenters. The van der Waals surface area contributed by atoms with Gasteiger partial charge in [0, 0.05) is 52.1 Å². The number of fused-ring (bicyclic) bond motifs is 5. The average Bonchev–Trinajstić information content (AvgIpc) is 2.70. The lowest BCUT2D eigenvalue weighted by Gasteiger charge is -2.14. The van der Waals surface area contributed by atoms with Gasteiger partial charge in [0.05, 0.1) is 9.79 Å². The van der Waals surface area contributed by atoms with Crippen LogP contribution < -0.4 is 9.47 Å². The Morgan fingerprint density at radius 2 is 1.18 bits per heavy atom. The van der Waals surface area contributed by atoms with Crippen molar-refractivity contribution in [2.45, 2.75) is 23.6 Å². The Morgan fingerprint density at radius 3 is 1.71 bits per heavy atom. The summed E-state index contributed by atoms with van der Waals surface area (Å²) in [4.78, 5) is 22.3. The molecule has 176 valence electrons. The molecule has 0 radical (unpaired) electrons. The van der Waals surface area contributed by atoms with Crippen LogP contribution in [0.4, 0.5) is 0 Å². The third kappa shape index (κ3) is 4.54. The molecule has 4 rings (SSSR count). The Balaban J connectivity index is 2.19. The van der Waals surface area contributed by atoms with Gasteiger partial charge >= 0.3 is 11.9 Å². The van der Waals surface area contributed by atoms with Crippen molar-refractivity contribution in [3.05, 3.63) is 48.5 Å². The van der Waals surface area contributed by atoms with E-state index >= 15 is 0 Å². The Hall–Kier alpha value is -2.92. The van der Waals surface area contributed by atoms with Gasteiger partial charge in [-0.1, -0.05) is 18.2 Å². The minimum Gasteiger partial charge on any atom is -0.427 e. The molecule has 34 heavy (non-hydrogen) atoms. The van der Waals surface area contributed by atoms with Gasteiger partial charge in [-0.15, -0.1) is 0 Å². The first-order valence-electron chi connectivity index (χ1n) is 9.49. The fourth-order valence-electron chi connectivity index (χ4n) is 3.78. The number of carbonyl (C=O) groups excluding carboxylic acids is 2. The highest BCUT2D eigenvalue weighted by molar-refractivity contribution is 8.14. The molecule has 0 amide bonds. The lowest BCUT2D eigenvalue weighted by molar-refractivity contribution is -0.132. The van der Waals surface area contributed by atoms with E-state index in [4.69, 9.17) is 30.8 Å². The molecule has 4 aromatic rings. The molecule has 0 aliphatic carbocycles. The Labute approximate surface area is 202 Å². The number of rotatable bonds is 4. The van der Waals surface area contributed by atoms with E-state index in [1.54, 1.807) is 24.3 Å². The number of hydrogen-bond acceptors (Lipinski definition) is 8. The zero-order chi connectivity index (χ0) is 25.0. The zero-order valence-corrected chi connectivity index (χ0v) is 20.6. The summed E-state index contributed by atoms with van der Waals surface area (Å²) < 4.78 is 58.9. The van der Waals surface area contributed by atoms with Crippen molar-refractivity contribution in [2.24, 2.45) is 0 Å². The summed E-state index contributed by atoms with van der Waals surface area (Å²) in [6.07, 6.45) is 0. The Bertz CT molecular complexity index is 1760. The van der Waals surface area contributed by atoms with Crippen molar-refractivity contribution in [2.75, 3.05) is 0 Å². The van der Waals surface area contributed by atoms with Crippen LogP contribution in [0.1, 0.15) is 13.8 Å². The third-order valence-electron chi connectivity index (χ3n) is 4.99. The number of carbonyl (C=O) groups is 2. The van der Waals surface area contributed by atoms with Gasteiger partial charge in [0.1, 0.15) is 11.5 Å². The van der Waals surface area contributed by atoms with E-state index in [0.717, 1.165) is 6.07 Å². The molecule has 8 nitrogen and oxygen atoms in total. The summed E-state index contributed by atoms with van der Waals surface area (Å²) in [5, 5.41) is 2.44. The summed E-state index contributed by atoms with van der Waals surface area (Å²) in [5.74, 6) is -0.921. The molecule has 0 spiro atoms. The molecule has 0 aliphatic rings. The molecule has 0 bridgehead atoms. The minimum absolute atomic E-state index is 0.116. The molecule has 12 heteroatoms. The Morgan fingerprint density at radius 1 is 0.647 bits per heavy atom. The monoisotopic (exact) mass is 540 g/mol. The molecular weight excluding hydrogens is 527 g/mol. The number of ether oxygens (including phenoxy) is 2. The van der Waals surface area contributed by atoms with Gasteiger partial charge in [0.25, 0.3) is 18.1 Å². The van der Waals surface area contributed by atoms with E-state index < -0.39 is 39.8 Å². The van der Waals surface area contributed by atoms with E-state index in [1.165, 1.54) is 32.0 Å². The second-order valence-electron chi connectivity index (χ2n) is 7.32. The van der Waals surface area contributed by atoms with Crippen LogP contribution >= 0.6 is 21.4 Å². The van der Waals surface area contributed by atoms with Crippen molar-refractivity contribution in [1.29, 1.82) is 0 Å². The summed E-state index contributed by atoms with van der Waals surface area (Å²) >= 11 is 0. The van der Waals surface area contributed by atoms with Gasteiger partial charge in [-0.2, -0.15) is 0 Å². The maximum atomic E-state index is 12.2. The van der Waals surface area contributed by atoms with Crippen molar-refractivity contribution in [1.82, 2.24) is 0 Å². The highest BCUT2D eigenvalue weighted by Crippen LogP contribution is 2.40. The number of esters is 2. The first kappa shape index (κ1) is 24.2. The average molecular weight is 541 g/mol. The lowest BCUT2D eigenvalue weighted by atomic mass is 9.96. The van der Waals surface area contributed by atoms with Gasteiger partial charge in [-0.05, 0) is 45.8 Å². The second-order valence-corrected chi connectivity index (χ2v) is 12.4. The van der Waals surface area contributed by atoms with Crippen molar-refractivity contribution >= 4 is 83.7 Å². The number of benzene rings is 4. The second kappa shape index (κ2) is 8.38. The summed E-state index contributed by atoms with van der Waals surface area (Å²) in [6.45, 7) is 2.44. The predicted octanol–water partition coefficient (Wildman–Crippen LogP) is 4.85. The number of halogens is 2. The third-order valence-corrected chi connectivity index (χ3v) is 7.69. The maximum absolute atomic E-state index is 12.2. The molecule has 0 N–H and O–H groups in total. The van der Waals surface area contributed by atoms with Crippen LogP contribution in [0.5, 0.6) is 11.5 Å². The molecular formula is C22H14Cl2O8S2. The summed E-state index contributed by atoms with van der Waals surface area (Å²) in [5.41, 5.74) is 0. The van der Waals surface area contributed by atoms with Gasteiger partial charge < -0.3 is 9.47 Å². The van der Waals surface area contributed by atoms with Gasteiger partial charge in [-0.3, -0.25) is 9.59 Å². The summed E-state index contributed by atoms with van der Waals surface area (Å²) in [6, 6.07) is 11.4. The molecule has 0 saturated carbocycles. The molecule has 0 fully saturated rings. The van der Waals surface area contributed by atoms with Gasteiger partial charge in [0.2, 0.25) is 0 Å². The van der Waals surface area contributed by atoms with Crippen LogP contribution in [0.3, 0.4) is 0 Å². The van der Waals surface area contributed by atoms with Crippen molar-refractivity contribution in [3.63, 3.8) is 0 Å². The van der Waals surface area contributed by atoms with Gasteiger partial charge in [0.15, 0.2) is 0 Å². The molecule has 0 saturated heterocycles. The molecule has 0 heterocycles. The van der Waals surface area contributed by atoms with Crippen LogP contribution in [0.2, 0.25) is 0 Å². The quantitative estimate of drug-likeness (QED) is 0.156. The fraction of sp³-hybridized carbons (Fsp3) is 0.0909. The van der Waals surface area contributed by atoms with Crippen LogP contribution in [0, 0.1) is 0 Å². The van der Waals surface area contributed by atoms with Crippen LogP contribution in [-0.4, -0.2) is 28.8 Å². The highest BCUT2D eigenvalue weighted by atomic mass is 35.7. The lowest BCUT2D eigenvalue weighted by Crippen LogP contribution is -2.05. The van der Waals surface area contributed by atoms with E-state index in [0.29, 0.717) is 21.5 Å². The van der Waals surface area contributed by atoms with Gasteiger partial charge in [-0.25, -0.2) is 16.8 Å². The van der Waals surface area contributed by atoms with Crippen LogP contribution in [0.15, 0.2) is 58.3 Å². The standard InChI is InChI=1S/C22H14Cl2O8S2/c1-11(25)31-13-7-19-15-4-6-18-20(9-14(33(23,27)28)10-22(18)34(24,29)30)16(15)3-5-17(19)21(8-13)32-12(2)26/h3-10H,1-2H3. The minimum atomic E-state index is -4.33. The smallest absolute Gasteiger partial charge is 0.308 e. The maximum Gasteiger partial charge on any atom is 0.308 e. The van der Waals surface area contributed by atoms with Crippen molar-refractivity contribution < 1.29 is 35.9 Å². The van der Waals surface area contributed by atoms with E-state index in [2.05, 4.69) is 0 Å². The van der Waals surface area contributed by atoms with E-state index in [9.17, 15) is 26.4 Å². The summed E-state index contributed by atoms with van der Waals surface area (Å²) in [7, 11) is 2.46. The molecule has 0 unspecified atom stereocenters. The number of hydrogen-bond donors (Lipinski definition) is 0. The Kier molecular flexibility index (Phi) is 5.97. The largest absolute Gasteiger partial charge is 0.427 e. The SMILES string of the molecule is CC(=O)Oc1cc(OC(C)=O)c2ccc3c4cc(S(=O)(=O)Cl)cc(S(=O)(=O)Cl)c4ccc3c2c1. The molecule has 4 aromatic carbocycles. The predicted molar refractivity (Wildman–Crippen MR) is 128 cm³/mol.